The number of ether oxygens (including phenoxy) is 2. The summed E-state index contributed by atoms with van der Waals surface area (Å²) >= 11 is 0. The van der Waals surface area contributed by atoms with Gasteiger partial charge in [-0.05, 0) is 39.5 Å². The molecule has 4 unspecified atom stereocenters. The molecule has 0 saturated heterocycles. The Balaban J connectivity index is 1.77. The van der Waals surface area contributed by atoms with Gasteiger partial charge in [-0.25, -0.2) is 4.57 Å². The number of phosphoric ester groups is 1. The summed E-state index contributed by atoms with van der Waals surface area (Å²) in [5, 5.41) is 0. The summed E-state index contributed by atoms with van der Waals surface area (Å²) in [7, 11) is -4.29. The van der Waals surface area contributed by atoms with E-state index in [1.54, 1.807) is 13.8 Å². The zero-order chi connectivity index (χ0) is 29.9. The van der Waals surface area contributed by atoms with E-state index in [9.17, 15) is 9.46 Å². The Bertz CT molecular complexity index is 801. The van der Waals surface area contributed by atoms with Gasteiger partial charge in [0.1, 0.15) is 0 Å². The van der Waals surface area contributed by atoms with Gasteiger partial charge in [0.25, 0.3) is 0 Å². The van der Waals surface area contributed by atoms with Crippen LogP contribution < -0.4 is 0 Å². The summed E-state index contributed by atoms with van der Waals surface area (Å²) in [5.74, 6) is 0. The first-order chi connectivity index (χ1) is 19.7. The monoisotopic (exact) mass is 594 g/mol. The van der Waals surface area contributed by atoms with Gasteiger partial charge in [0.15, 0.2) is 0 Å². The number of hydrogen-bond donors (Lipinski definition) is 1. The zero-order valence-electron chi connectivity index (χ0n) is 26.4. The van der Waals surface area contributed by atoms with Crippen LogP contribution in [0, 0.1) is 0 Å². The fourth-order valence-electron chi connectivity index (χ4n) is 5.54. The van der Waals surface area contributed by atoms with E-state index in [4.69, 9.17) is 18.5 Å². The molecule has 0 bridgehead atoms. The van der Waals surface area contributed by atoms with Gasteiger partial charge >= 0.3 is 7.82 Å². The standard InChI is InChI=1S/C34H59O6P/c1-5-7-9-11-13-17-23-33(25-19-15-20-26-33)37-29-31(3)39-41(35,36)40-32(4)30-38-34(27-21-16-22-28-34)24-18-14-12-10-8-6-2/h15-16,19-22,25,27,31-32H,5-14,17-18,23-24,26,28-30H2,1-4H3,(H,35,36). The second kappa shape index (κ2) is 20.0. The van der Waals surface area contributed by atoms with Crippen LogP contribution in [-0.4, -0.2) is 41.5 Å². The van der Waals surface area contributed by atoms with Crippen LogP contribution in [0.25, 0.3) is 0 Å². The highest BCUT2D eigenvalue weighted by atomic mass is 31.2. The third-order valence-corrected chi connectivity index (χ3v) is 9.22. The molecular weight excluding hydrogens is 535 g/mol. The van der Waals surface area contributed by atoms with Crippen LogP contribution in [0.1, 0.15) is 130 Å². The Kier molecular flexibility index (Phi) is 17.7. The molecule has 0 saturated carbocycles. The summed E-state index contributed by atoms with van der Waals surface area (Å²) in [6, 6.07) is 0. The van der Waals surface area contributed by atoms with Gasteiger partial charge in [-0.15, -0.1) is 0 Å². The minimum atomic E-state index is -4.29. The van der Waals surface area contributed by atoms with E-state index in [0.29, 0.717) is 0 Å². The zero-order valence-corrected chi connectivity index (χ0v) is 27.3. The summed E-state index contributed by atoms with van der Waals surface area (Å²) in [6.07, 6.45) is 33.7. The maximum Gasteiger partial charge on any atom is 0.472 e. The molecule has 6 nitrogen and oxygen atoms in total. The van der Waals surface area contributed by atoms with Gasteiger partial charge in [0.2, 0.25) is 0 Å². The van der Waals surface area contributed by atoms with Crippen molar-refractivity contribution < 1.29 is 28.0 Å². The Labute approximate surface area is 251 Å². The van der Waals surface area contributed by atoms with Crippen molar-refractivity contribution in [1.29, 1.82) is 0 Å². The highest BCUT2D eigenvalue weighted by Gasteiger charge is 2.33. The van der Waals surface area contributed by atoms with Crippen molar-refractivity contribution in [3.05, 3.63) is 48.6 Å². The maximum atomic E-state index is 12.8. The molecule has 236 valence electrons. The molecule has 0 aromatic rings. The quantitative estimate of drug-likeness (QED) is 0.0885. The summed E-state index contributed by atoms with van der Waals surface area (Å²) in [5.41, 5.74) is -0.768. The summed E-state index contributed by atoms with van der Waals surface area (Å²) < 4.78 is 36.5. The van der Waals surface area contributed by atoms with E-state index in [2.05, 4.69) is 38.2 Å². The molecule has 0 spiro atoms. The lowest BCUT2D eigenvalue weighted by Crippen LogP contribution is -2.35. The lowest BCUT2D eigenvalue weighted by molar-refractivity contribution is -0.0662. The molecule has 0 heterocycles. The van der Waals surface area contributed by atoms with Crippen molar-refractivity contribution >= 4 is 7.82 Å². The largest absolute Gasteiger partial charge is 0.472 e. The van der Waals surface area contributed by atoms with Gasteiger partial charge in [-0.1, -0.05) is 140 Å². The Morgan fingerprint density at radius 1 is 0.659 bits per heavy atom. The first-order valence-electron chi connectivity index (χ1n) is 16.4. The highest BCUT2D eigenvalue weighted by Crippen LogP contribution is 2.46. The molecule has 0 aliphatic heterocycles. The highest BCUT2D eigenvalue weighted by molar-refractivity contribution is 7.47. The topological polar surface area (TPSA) is 74.2 Å². The van der Waals surface area contributed by atoms with Gasteiger partial charge in [-0.3, -0.25) is 9.05 Å². The van der Waals surface area contributed by atoms with Crippen LogP contribution in [0.3, 0.4) is 0 Å². The smallest absolute Gasteiger partial charge is 0.368 e. The molecule has 2 aliphatic carbocycles. The van der Waals surface area contributed by atoms with E-state index in [1.165, 1.54) is 64.2 Å². The second-order valence-corrected chi connectivity index (χ2v) is 13.4. The van der Waals surface area contributed by atoms with E-state index in [1.807, 2.05) is 24.3 Å². The van der Waals surface area contributed by atoms with Crippen LogP contribution in [0.4, 0.5) is 0 Å². The minimum Gasteiger partial charge on any atom is -0.368 e. The Hall–Kier alpha value is -1.01. The minimum absolute atomic E-state index is 0.214. The molecule has 4 atom stereocenters. The lowest BCUT2D eigenvalue weighted by Gasteiger charge is -2.34. The van der Waals surface area contributed by atoms with Gasteiger partial charge in [-0.2, -0.15) is 0 Å². The first-order valence-corrected chi connectivity index (χ1v) is 17.9. The van der Waals surface area contributed by atoms with Crippen molar-refractivity contribution in [2.45, 2.75) is 154 Å². The number of phosphoric acid groups is 1. The van der Waals surface area contributed by atoms with Gasteiger partial charge < -0.3 is 14.4 Å². The van der Waals surface area contributed by atoms with E-state index >= 15 is 0 Å². The van der Waals surface area contributed by atoms with Crippen molar-refractivity contribution in [3.63, 3.8) is 0 Å². The molecule has 0 aromatic carbocycles. The predicted molar refractivity (Wildman–Crippen MR) is 170 cm³/mol. The summed E-state index contributed by atoms with van der Waals surface area (Å²) in [4.78, 5) is 10.5. The number of unbranched alkanes of at least 4 members (excludes halogenated alkanes) is 10. The number of hydrogen-bond acceptors (Lipinski definition) is 5. The van der Waals surface area contributed by atoms with E-state index in [0.717, 1.165) is 38.5 Å². The Morgan fingerprint density at radius 2 is 1.05 bits per heavy atom. The molecular formula is C34H59O6P. The fourth-order valence-corrected chi connectivity index (χ4v) is 6.62. The second-order valence-electron chi connectivity index (χ2n) is 12.1. The fraction of sp³-hybridized carbons (Fsp3) is 0.765. The van der Waals surface area contributed by atoms with Crippen molar-refractivity contribution in [1.82, 2.24) is 0 Å². The molecule has 0 amide bonds. The molecule has 41 heavy (non-hydrogen) atoms. The SMILES string of the molecule is CCCCCCCCC1(OCC(C)OP(=O)(O)OC(C)COC2(CCCCCCCC)C=CC=CC2)C=CC=CC1. The first kappa shape index (κ1) is 36.2. The van der Waals surface area contributed by atoms with E-state index in [-0.39, 0.29) is 24.4 Å². The lowest BCUT2D eigenvalue weighted by atomic mass is 9.89. The van der Waals surface area contributed by atoms with Crippen molar-refractivity contribution in [2.24, 2.45) is 0 Å². The van der Waals surface area contributed by atoms with E-state index < -0.39 is 20.0 Å². The molecule has 0 aromatic heterocycles. The van der Waals surface area contributed by atoms with Gasteiger partial charge in [0, 0.05) is 0 Å². The molecule has 1 N–H and O–H groups in total. The summed E-state index contributed by atoms with van der Waals surface area (Å²) in [6.45, 7) is 8.40. The van der Waals surface area contributed by atoms with Crippen molar-refractivity contribution in [3.8, 4) is 0 Å². The van der Waals surface area contributed by atoms with Crippen LogP contribution in [0.15, 0.2) is 48.6 Å². The van der Waals surface area contributed by atoms with Crippen LogP contribution in [0.5, 0.6) is 0 Å². The molecule has 7 heteroatoms. The molecule has 2 rings (SSSR count). The number of allylic oxidation sites excluding steroid dienone is 4. The van der Waals surface area contributed by atoms with Crippen molar-refractivity contribution in [2.75, 3.05) is 13.2 Å². The third kappa shape index (κ3) is 15.3. The maximum absolute atomic E-state index is 12.8. The normalized spacial score (nSPS) is 24.9. The molecule has 0 radical (unpaired) electrons. The molecule has 2 aliphatic rings. The predicted octanol–water partition coefficient (Wildman–Crippen LogP) is 9.94. The van der Waals surface area contributed by atoms with Crippen LogP contribution in [0.2, 0.25) is 0 Å². The average molecular weight is 595 g/mol. The Morgan fingerprint density at radius 3 is 1.41 bits per heavy atom. The number of rotatable bonds is 24. The third-order valence-electron chi connectivity index (χ3n) is 7.97. The van der Waals surface area contributed by atoms with Gasteiger partial charge in [0.05, 0.1) is 36.6 Å². The molecule has 0 fully saturated rings. The van der Waals surface area contributed by atoms with Crippen LogP contribution >= 0.6 is 7.82 Å². The van der Waals surface area contributed by atoms with Crippen LogP contribution in [-0.2, 0) is 23.1 Å². The average Bonchev–Trinajstić information content (AvgIpc) is 2.95.